The van der Waals surface area contributed by atoms with Crippen molar-refractivity contribution >= 4 is 22.9 Å². The van der Waals surface area contributed by atoms with E-state index in [0.717, 1.165) is 55.1 Å². The SMILES string of the molecule is CC(C)(C)OC(=O)N1CC(Nc2cccc(-n3cnc4ccccc43)n2)CC2(CCOCC2)C1. The molecular weight excluding hydrogens is 430 g/mol. The van der Waals surface area contributed by atoms with E-state index in [1.165, 1.54) is 0 Å². The van der Waals surface area contributed by atoms with Crippen molar-refractivity contribution in [3.63, 3.8) is 0 Å². The van der Waals surface area contributed by atoms with Crippen LogP contribution in [0.25, 0.3) is 16.9 Å². The quantitative estimate of drug-likeness (QED) is 0.610. The van der Waals surface area contributed by atoms with Gasteiger partial charge in [0.25, 0.3) is 0 Å². The number of piperidine rings is 1. The van der Waals surface area contributed by atoms with Gasteiger partial charge >= 0.3 is 6.09 Å². The monoisotopic (exact) mass is 463 g/mol. The number of likely N-dealkylation sites (tertiary alicyclic amines) is 1. The summed E-state index contributed by atoms with van der Waals surface area (Å²) in [5, 5.41) is 3.62. The van der Waals surface area contributed by atoms with Crippen molar-refractivity contribution in [1.29, 1.82) is 0 Å². The highest BCUT2D eigenvalue weighted by Gasteiger charge is 2.43. The Morgan fingerprint density at radius 2 is 1.94 bits per heavy atom. The highest BCUT2D eigenvalue weighted by molar-refractivity contribution is 5.76. The maximum atomic E-state index is 13.0. The smallest absolute Gasteiger partial charge is 0.410 e. The first-order valence-corrected chi connectivity index (χ1v) is 12.0. The van der Waals surface area contributed by atoms with E-state index in [2.05, 4.69) is 10.3 Å². The maximum absolute atomic E-state index is 13.0. The number of para-hydroxylation sites is 2. The van der Waals surface area contributed by atoms with E-state index in [-0.39, 0.29) is 17.6 Å². The lowest BCUT2D eigenvalue weighted by molar-refractivity contribution is -0.0405. The number of aromatic nitrogens is 3. The predicted molar refractivity (Wildman–Crippen MR) is 131 cm³/mol. The van der Waals surface area contributed by atoms with Gasteiger partial charge in [0.1, 0.15) is 23.6 Å². The molecule has 8 nitrogen and oxygen atoms in total. The second kappa shape index (κ2) is 8.91. The zero-order valence-corrected chi connectivity index (χ0v) is 20.2. The van der Waals surface area contributed by atoms with Gasteiger partial charge in [-0.1, -0.05) is 18.2 Å². The third-order valence-electron chi connectivity index (χ3n) is 6.64. The summed E-state index contributed by atoms with van der Waals surface area (Å²) in [6.45, 7) is 8.47. The van der Waals surface area contributed by atoms with E-state index in [4.69, 9.17) is 14.5 Å². The van der Waals surface area contributed by atoms with Crippen molar-refractivity contribution in [3.8, 4) is 5.82 Å². The molecule has 2 aliphatic heterocycles. The molecule has 1 unspecified atom stereocenters. The fourth-order valence-corrected chi connectivity index (χ4v) is 5.10. The lowest BCUT2D eigenvalue weighted by Crippen LogP contribution is -2.56. The molecule has 8 heteroatoms. The predicted octanol–water partition coefficient (Wildman–Crippen LogP) is 4.64. The maximum Gasteiger partial charge on any atom is 0.410 e. The van der Waals surface area contributed by atoms with Crippen LogP contribution in [0.4, 0.5) is 10.6 Å². The standard InChI is InChI=1S/C26H33N5O3/c1-25(2,3)34-24(32)30-16-19(15-26(17-30)11-13-33-14-12-26)28-22-9-6-10-23(29-22)31-18-27-20-7-4-5-8-21(20)31/h4-10,18-19H,11-17H2,1-3H3,(H,28,29). The minimum absolute atomic E-state index is 0.0310. The van der Waals surface area contributed by atoms with Crippen LogP contribution in [0, 0.1) is 5.41 Å². The molecule has 2 aliphatic rings. The molecule has 3 aromatic rings. The third kappa shape index (κ3) is 4.87. The van der Waals surface area contributed by atoms with Gasteiger partial charge in [-0.05, 0) is 69.7 Å². The highest BCUT2D eigenvalue weighted by Crippen LogP contribution is 2.40. The highest BCUT2D eigenvalue weighted by atomic mass is 16.6. The summed E-state index contributed by atoms with van der Waals surface area (Å²) in [4.78, 5) is 24.2. The number of anilines is 1. The zero-order valence-electron chi connectivity index (χ0n) is 20.2. The molecule has 0 radical (unpaired) electrons. The number of amides is 1. The Morgan fingerprint density at radius 1 is 1.15 bits per heavy atom. The topological polar surface area (TPSA) is 81.5 Å². The van der Waals surface area contributed by atoms with Gasteiger partial charge in [0.05, 0.1) is 11.0 Å². The summed E-state index contributed by atoms with van der Waals surface area (Å²) in [6.07, 6.45) is 4.41. The molecule has 34 heavy (non-hydrogen) atoms. The van der Waals surface area contributed by atoms with Crippen molar-refractivity contribution < 1.29 is 14.3 Å². The average molecular weight is 464 g/mol. The van der Waals surface area contributed by atoms with Crippen LogP contribution in [0.3, 0.4) is 0 Å². The Morgan fingerprint density at radius 3 is 2.74 bits per heavy atom. The minimum atomic E-state index is -0.524. The number of hydrogen-bond acceptors (Lipinski definition) is 6. The van der Waals surface area contributed by atoms with E-state index in [1.54, 1.807) is 6.33 Å². The fourth-order valence-electron chi connectivity index (χ4n) is 5.10. The van der Waals surface area contributed by atoms with Gasteiger partial charge in [-0.3, -0.25) is 4.57 Å². The second-order valence-corrected chi connectivity index (χ2v) is 10.5. The Bertz CT molecular complexity index is 1160. The van der Waals surface area contributed by atoms with E-state index >= 15 is 0 Å². The Balaban J connectivity index is 1.38. The van der Waals surface area contributed by atoms with Crippen molar-refractivity contribution in [3.05, 3.63) is 48.8 Å². The molecule has 1 spiro atoms. The van der Waals surface area contributed by atoms with Crippen molar-refractivity contribution in [2.75, 3.05) is 31.6 Å². The van der Waals surface area contributed by atoms with Crippen LogP contribution in [0.2, 0.25) is 0 Å². The van der Waals surface area contributed by atoms with Gasteiger partial charge in [-0.25, -0.2) is 14.8 Å². The van der Waals surface area contributed by atoms with Gasteiger partial charge in [-0.15, -0.1) is 0 Å². The summed E-state index contributed by atoms with van der Waals surface area (Å²) in [5.74, 6) is 1.59. The number of rotatable bonds is 3. The average Bonchev–Trinajstić information content (AvgIpc) is 3.23. The second-order valence-electron chi connectivity index (χ2n) is 10.5. The summed E-state index contributed by atoms with van der Waals surface area (Å²) >= 11 is 0. The number of carbonyl (C=O) groups excluding carboxylic acids is 1. The zero-order chi connectivity index (χ0) is 23.8. The van der Waals surface area contributed by atoms with Crippen LogP contribution in [-0.4, -0.2) is 63.5 Å². The van der Waals surface area contributed by atoms with E-state index in [9.17, 15) is 4.79 Å². The Labute approximate surface area is 200 Å². The first kappa shape index (κ1) is 22.7. The number of fused-ring (bicyclic) bond motifs is 1. The first-order chi connectivity index (χ1) is 16.3. The Kier molecular flexibility index (Phi) is 5.93. The van der Waals surface area contributed by atoms with Crippen molar-refractivity contribution in [2.24, 2.45) is 5.41 Å². The molecule has 0 bridgehead atoms. The molecule has 1 atom stereocenters. The van der Waals surface area contributed by atoms with Gasteiger partial charge in [0, 0.05) is 32.3 Å². The van der Waals surface area contributed by atoms with Gasteiger partial charge in [0.15, 0.2) is 0 Å². The van der Waals surface area contributed by atoms with Gasteiger partial charge in [0.2, 0.25) is 0 Å². The number of pyridine rings is 1. The molecule has 2 fully saturated rings. The number of hydrogen-bond donors (Lipinski definition) is 1. The molecule has 2 aromatic heterocycles. The van der Waals surface area contributed by atoms with E-state index in [1.807, 2.05) is 72.7 Å². The number of nitrogens with zero attached hydrogens (tertiary/aromatic N) is 4. The molecular formula is C26H33N5O3. The number of nitrogens with one attached hydrogen (secondary N) is 1. The molecule has 0 aliphatic carbocycles. The summed E-state index contributed by atoms with van der Waals surface area (Å²) < 4.78 is 13.4. The molecule has 2 saturated heterocycles. The van der Waals surface area contributed by atoms with Crippen molar-refractivity contribution in [1.82, 2.24) is 19.4 Å². The first-order valence-electron chi connectivity index (χ1n) is 12.0. The number of carbonyl (C=O) groups is 1. The lowest BCUT2D eigenvalue weighted by Gasteiger charge is -2.48. The molecule has 180 valence electrons. The van der Waals surface area contributed by atoms with Crippen LogP contribution in [-0.2, 0) is 9.47 Å². The molecule has 0 saturated carbocycles. The molecule has 1 amide bonds. The largest absolute Gasteiger partial charge is 0.444 e. The van der Waals surface area contributed by atoms with Gasteiger partial charge < -0.3 is 19.7 Å². The van der Waals surface area contributed by atoms with Crippen LogP contribution in [0.1, 0.15) is 40.0 Å². The summed E-state index contributed by atoms with van der Waals surface area (Å²) in [6, 6.07) is 14.0. The molecule has 4 heterocycles. The fraction of sp³-hybridized carbons (Fsp3) is 0.500. The van der Waals surface area contributed by atoms with Crippen LogP contribution in [0.5, 0.6) is 0 Å². The van der Waals surface area contributed by atoms with Crippen LogP contribution in [0.15, 0.2) is 48.8 Å². The van der Waals surface area contributed by atoms with Gasteiger partial charge in [-0.2, -0.15) is 0 Å². The number of ether oxygens (including phenoxy) is 2. The summed E-state index contributed by atoms with van der Waals surface area (Å²) in [5.41, 5.74) is 1.46. The minimum Gasteiger partial charge on any atom is -0.444 e. The lowest BCUT2D eigenvalue weighted by atomic mass is 9.72. The van der Waals surface area contributed by atoms with E-state index in [0.29, 0.717) is 13.1 Å². The van der Waals surface area contributed by atoms with E-state index < -0.39 is 5.60 Å². The normalized spacial score (nSPS) is 20.4. The molecule has 5 rings (SSSR count). The van der Waals surface area contributed by atoms with Crippen molar-refractivity contribution in [2.45, 2.75) is 51.7 Å². The Hall–Kier alpha value is -3.13. The van der Waals surface area contributed by atoms with Crippen LogP contribution < -0.4 is 5.32 Å². The number of benzene rings is 1. The van der Waals surface area contributed by atoms with Crippen LogP contribution >= 0.6 is 0 Å². The molecule has 1 N–H and O–H groups in total. The number of imidazole rings is 1. The third-order valence-corrected chi connectivity index (χ3v) is 6.64. The summed E-state index contributed by atoms with van der Waals surface area (Å²) in [7, 11) is 0. The molecule has 1 aromatic carbocycles.